The van der Waals surface area contributed by atoms with Crippen LogP contribution in [-0.2, 0) is 9.53 Å². The smallest absolute Gasteiger partial charge is 0.340 e. The molecule has 0 saturated heterocycles. The lowest BCUT2D eigenvalue weighted by molar-refractivity contribution is -0.119. The van der Waals surface area contributed by atoms with Gasteiger partial charge in [-0.1, -0.05) is 29.8 Å². The monoisotopic (exact) mass is 431 g/mol. The molecule has 0 heterocycles. The lowest BCUT2D eigenvalue weighted by Crippen LogP contribution is -2.22. The molecule has 3 amide bonds. The topological polar surface area (TPSA) is 128 Å². The summed E-state index contributed by atoms with van der Waals surface area (Å²) in [6, 6.07) is 19.4. The molecule has 0 aliphatic heterocycles. The van der Waals surface area contributed by atoms with Gasteiger partial charge in [-0.3, -0.25) is 14.4 Å². The van der Waals surface area contributed by atoms with Gasteiger partial charge in [0.05, 0.1) is 11.3 Å². The van der Waals surface area contributed by atoms with Crippen LogP contribution in [0.1, 0.15) is 36.6 Å². The molecule has 0 unspecified atom stereocenters. The number of anilines is 2. The summed E-state index contributed by atoms with van der Waals surface area (Å²) in [5, 5.41) is 5.25. The van der Waals surface area contributed by atoms with Gasteiger partial charge in [-0.2, -0.15) is 0 Å². The van der Waals surface area contributed by atoms with E-state index < -0.39 is 24.4 Å². The average molecular weight is 431 g/mol. The molecule has 0 radical (unpaired) electrons. The van der Waals surface area contributed by atoms with E-state index >= 15 is 0 Å². The summed E-state index contributed by atoms with van der Waals surface area (Å²) < 4.78 is 5.09. The number of para-hydroxylation sites is 1. The third kappa shape index (κ3) is 5.79. The molecule has 3 aromatic rings. The Morgan fingerprint density at radius 3 is 2.25 bits per heavy atom. The lowest BCUT2D eigenvalue weighted by Gasteiger charge is -2.11. The fourth-order valence-electron chi connectivity index (χ4n) is 2.87. The van der Waals surface area contributed by atoms with Crippen LogP contribution in [0.3, 0.4) is 0 Å². The largest absolute Gasteiger partial charge is 0.452 e. The van der Waals surface area contributed by atoms with E-state index in [2.05, 4.69) is 10.6 Å². The number of carbonyl (C=O) groups is 4. The predicted molar refractivity (Wildman–Crippen MR) is 119 cm³/mol. The molecule has 3 rings (SSSR count). The Labute approximate surface area is 184 Å². The van der Waals surface area contributed by atoms with Gasteiger partial charge in [-0.15, -0.1) is 0 Å². The fraction of sp³-hybridized carbons (Fsp3) is 0.0833. The number of primary amides is 1. The van der Waals surface area contributed by atoms with Gasteiger partial charge in [0.1, 0.15) is 0 Å². The number of carbonyl (C=O) groups excluding carboxylic acids is 4. The van der Waals surface area contributed by atoms with Crippen molar-refractivity contribution in [1.82, 2.24) is 0 Å². The van der Waals surface area contributed by atoms with E-state index in [0.29, 0.717) is 16.8 Å². The highest BCUT2D eigenvalue weighted by molar-refractivity contribution is 6.08. The molecular formula is C24H21N3O5. The van der Waals surface area contributed by atoms with Crippen molar-refractivity contribution in [1.29, 1.82) is 0 Å². The van der Waals surface area contributed by atoms with Crippen LogP contribution in [0.2, 0.25) is 0 Å². The van der Waals surface area contributed by atoms with Crippen LogP contribution in [0, 0.1) is 6.92 Å². The van der Waals surface area contributed by atoms with Crippen molar-refractivity contribution in [2.45, 2.75) is 6.92 Å². The van der Waals surface area contributed by atoms with E-state index in [-0.39, 0.29) is 17.2 Å². The molecule has 0 bridgehead atoms. The van der Waals surface area contributed by atoms with Crippen molar-refractivity contribution in [2.24, 2.45) is 5.73 Å². The summed E-state index contributed by atoms with van der Waals surface area (Å²) in [4.78, 5) is 48.2. The maximum Gasteiger partial charge on any atom is 0.340 e. The van der Waals surface area contributed by atoms with Gasteiger partial charge in [0.2, 0.25) is 5.91 Å². The highest BCUT2D eigenvalue weighted by atomic mass is 16.5. The number of benzene rings is 3. The minimum Gasteiger partial charge on any atom is -0.452 e. The molecule has 8 nitrogen and oxygen atoms in total. The van der Waals surface area contributed by atoms with E-state index in [4.69, 9.17) is 10.5 Å². The Morgan fingerprint density at radius 2 is 1.56 bits per heavy atom. The molecule has 0 fully saturated rings. The van der Waals surface area contributed by atoms with Gasteiger partial charge in [0.15, 0.2) is 6.61 Å². The summed E-state index contributed by atoms with van der Waals surface area (Å²) >= 11 is 0. The number of esters is 1. The molecule has 0 aliphatic rings. The predicted octanol–water partition coefficient (Wildman–Crippen LogP) is 3.14. The van der Waals surface area contributed by atoms with Gasteiger partial charge < -0.3 is 21.1 Å². The molecule has 32 heavy (non-hydrogen) atoms. The Morgan fingerprint density at radius 1 is 0.844 bits per heavy atom. The SMILES string of the molecule is Cc1cccc(C(=O)Nc2ccccc2C(=O)OCC(=O)Nc2ccc(C(N)=O)cc2)c1. The zero-order chi connectivity index (χ0) is 23.1. The Balaban J connectivity index is 1.61. The third-order valence-corrected chi connectivity index (χ3v) is 4.46. The van der Waals surface area contributed by atoms with Crippen LogP contribution in [0.15, 0.2) is 72.8 Å². The molecular weight excluding hydrogens is 410 g/mol. The molecule has 0 saturated carbocycles. The first kappa shape index (κ1) is 22.2. The molecule has 162 valence electrons. The highest BCUT2D eigenvalue weighted by Gasteiger charge is 2.17. The number of hydrogen-bond donors (Lipinski definition) is 3. The summed E-state index contributed by atoms with van der Waals surface area (Å²) in [5.74, 6) is -2.27. The van der Waals surface area contributed by atoms with Gasteiger partial charge in [0.25, 0.3) is 11.8 Å². The molecule has 4 N–H and O–H groups in total. The van der Waals surface area contributed by atoms with E-state index in [9.17, 15) is 19.2 Å². The first-order chi connectivity index (χ1) is 15.3. The van der Waals surface area contributed by atoms with Crippen LogP contribution < -0.4 is 16.4 Å². The molecule has 0 aliphatic carbocycles. The minimum absolute atomic E-state index is 0.118. The van der Waals surface area contributed by atoms with Crippen molar-refractivity contribution in [2.75, 3.05) is 17.2 Å². The van der Waals surface area contributed by atoms with Crippen molar-refractivity contribution in [3.8, 4) is 0 Å². The number of ether oxygens (including phenoxy) is 1. The summed E-state index contributed by atoms with van der Waals surface area (Å²) in [5.41, 5.74) is 7.67. The highest BCUT2D eigenvalue weighted by Crippen LogP contribution is 2.18. The zero-order valence-corrected chi connectivity index (χ0v) is 17.3. The number of nitrogens with one attached hydrogen (secondary N) is 2. The second-order valence-electron chi connectivity index (χ2n) is 6.94. The zero-order valence-electron chi connectivity index (χ0n) is 17.3. The fourth-order valence-corrected chi connectivity index (χ4v) is 2.87. The number of amides is 3. The van der Waals surface area contributed by atoms with E-state index in [1.165, 1.54) is 30.3 Å². The lowest BCUT2D eigenvalue weighted by atomic mass is 10.1. The Kier molecular flexibility index (Phi) is 6.97. The third-order valence-electron chi connectivity index (χ3n) is 4.46. The molecule has 0 atom stereocenters. The quantitative estimate of drug-likeness (QED) is 0.495. The summed E-state index contributed by atoms with van der Waals surface area (Å²) in [6.07, 6.45) is 0. The van der Waals surface area contributed by atoms with Gasteiger partial charge in [-0.25, -0.2) is 4.79 Å². The Hall–Kier alpha value is -4.46. The van der Waals surface area contributed by atoms with Crippen molar-refractivity contribution < 1.29 is 23.9 Å². The first-order valence-electron chi connectivity index (χ1n) is 9.67. The maximum absolute atomic E-state index is 12.5. The van der Waals surface area contributed by atoms with Gasteiger partial charge in [0, 0.05) is 16.8 Å². The normalized spacial score (nSPS) is 10.2. The molecule has 0 spiro atoms. The standard InChI is InChI=1S/C24H21N3O5/c1-15-5-4-6-17(13-15)23(30)27-20-8-3-2-7-19(20)24(31)32-14-21(28)26-18-11-9-16(10-12-18)22(25)29/h2-13H,14H2,1H3,(H2,25,29)(H,26,28)(H,27,30). The van der Waals surface area contributed by atoms with Crippen LogP contribution in [0.4, 0.5) is 11.4 Å². The number of hydrogen-bond acceptors (Lipinski definition) is 5. The minimum atomic E-state index is -0.760. The number of rotatable bonds is 7. The van der Waals surface area contributed by atoms with E-state index in [0.717, 1.165) is 5.56 Å². The van der Waals surface area contributed by atoms with Gasteiger partial charge >= 0.3 is 5.97 Å². The van der Waals surface area contributed by atoms with Crippen LogP contribution in [-0.4, -0.2) is 30.3 Å². The molecule has 8 heteroatoms. The summed E-state index contributed by atoms with van der Waals surface area (Å²) in [7, 11) is 0. The summed E-state index contributed by atoms with van der Waals surface area (Å²) in [6.45, 7) is 1.34. The van der Waals surface area contributed by atoms with Crippen LogP contribution in [0.25, 0.3) is 0 Å². The van der Waals surface area contributed by atoms with Crippen LogP contribution in [0.5, 0.6) is 0 Å². The average Bonchev–Trinajstić information content (AvgIpc) is 2.78. The Bertz CT molecular complexity index is 1170. The van der Waals surface area contributed by atoms with Crippen molar-refractivity contribution >= 4 is 35.1 Å². The van der Waals surface area contributed by atoms with Crippen molar-refractivity contribution in [3.63, 3.8) is 0 Å². The van der Waals surface area contributed by atoms with Crippen LogP contribution >= 0.6 is 0 Å². The van der Waals surface area contributed by atoms with Gasteiger partial charge in [-0.05, 0) is 55.5 Å². The first-order valence-corrected chi connectivity index (χ1v) is 9.67. The molecule has 0 aromatic heterocycles. The van der Waals surface area contributed by atoms with Crippen molar-refractivity contribution in [3.05, 3.63) is 95.1 Å². The maximum atomic E-state index is 12.5. The number of nitrogens with two attached hydrogens (primary N) is 1. The van der Waals surface area contributed by atoms with E-state index in [1.54, 1.807) is 36.4 Å². The van der Waals surface area contributed by atoms with E-state index in [1.807, 2.05) is 13.0 Å². The molecule has 3 aromatic carbocycles. The second kappa shape index (κ2) is 10.0. The second-order valence-corrected chi connectivity index (χ2v) is 6.94. The number of aryl methyl sites for hydroxylation is 1.